The smallest absolute Gasteiger partial charge is 0.239 e. The van der Waals surface area contributed by atoms with Crippen molar-refractivity contribution >= 4 is 27.1 Å². The number of aromatic nitrogens is 1. The summed E-state index contributed by atoms with van der Waals surface area (Å²) in [5, 5.41) is 2.87. The van der Waals surface area contributed by atoms with Crippen LogP contribution in [0.2, 0.25) is 0 Å². The molecule has 3 rings (SSSR count). The molecule has 26 heavy (non-hydrogen) atoms. The molecule has 2 heterocycles. The molecule has 0 radical (unpaired) electrons. The van der Waals surface area contributed by atoms with E-state index in [9.17, 15) is 13.2 Å². The van der Waals surface area contributed by atoms with E-state index in [0.717, 1.165) is 35.7 Å². The summed E-state index contributed by atoms with van der Waals surface area (Å²) < 4.78 is 23.1. The number of thiazole rings is 1. The van der Waals surface area contributed by atoms with Crippen molar-refractivity contribution in [1.29, 1.82) is 0 Å². The third kappa shape index (κ3) is 4.13. The topological polar surface area (TPSA) is 70.6 Å². The number of carbonyl (C=O) groups is 1. The second-order valence-electron chi connectivity index (χ2n) is 6.80. The van der Waals surface area contributed by atoms with Crippen LogP contribution < -0.4 is 0 Å². The number of nitrogens with zero attached hydrogens (tertiary/aromatic N) is 3. The molecule has 1 unspecified atom stereocenters. The van der Waals surface area contributed by atoms with E-state index in [2.05, 4.69) is 9.88 Å². The van der Waals surface area contributed by atoms with Gasteiger partial charge in [-0.1, -0.05) is 12.1 Å². The Bertz CT molecular complexity index is 889. The summed E-state index contributed by atoms with van der Waals surface area (Å²) in [5.41, 5.74) is 1.84. The van der Waals surface area contributed by atoms with Gasteiger partial charge in [-0.25, -0.2) is 13.4 Å². The number of amides is 1. The van der Waals surface area contributed by atoms with E-state index in [0.29, 0.717) is 11.4 Å². The van der Waals surface area contributed by atoms with Gasteiger partial charge in [0.1, 0.15) is 5.01 Å². The monoisotopic (exact) mass is 393 g/mol. The minimum absolute atomic E-state index is 0.0656. The molecule has 0 saturated carbocycles. The molecule has 1 aromatic carbocycles. The molecule has 6 nitrogen and oxygen atoms in total. The molecule has 1 amide bonds. The van der Waals surface area contributed by atoms with Crippen molar-refractivity contribution in [2.45, 2.75) is 30.3 Å². The summed E-state index contributed by atoms with van der Waals surface area (Å²) in [6.45, 7) is 1.56. The van der Waals surface area contributed by atoms with Crippen LogP contribution in [0.25, 0.3) is 10.6 Å². The van der Waals surface area contributed by atoms with Gasteiger partial charge in [0.25, 0.3) is 0 Å². The van der Waals surface area contributed by atoms with Crippen LogP contribution in [0.4, 0.5) is 0 Å². The van der Waals surface area contributed by atoms with Gasteiger partial charge in [-0.05, 0) is 31.5 Å². The molecule has 1 aromatic heterocycles. The molecule has 1 saturated heterocycles. The average Bonchev–Trinajstić information content (AvgIpc) is 3.23. The number of likely N-dealkylation sites (tertiary alicyclic amines) is 1. The quantitative estimate of drug-likeness (QED) is 0.779. The predicted molar refractivity (Wildman–Crippen MR) is 103 cm³/mol. The van der Waals surface area contributed by atoms with E-state index < -0.39 is 9.84 Å². The van der Waals surface area contributed by atoms with E-state index in [4.69, 9.17) is 0 Å². The first-order valence-electron chi connectivity index (χ1n) is 8.46. The Morgan fingerprint density at radius 1 is 1.31 bits per heavy atom. The number of rotatable bonds is 5. The van der Waals surface area contributed by atoms with Crippen LogP contribution in [0.15, 0.2) is 34.5 Å². The SMILES string of the molecule is CN(C)C(=O)C1CCCN1Cc1csc(-c2ccc(S(C)(=O)=O)cc2)n1. The van der Waals surface area contributed by atoms with E-state index in [1.54, 1.807) is 43.3 Å². The van der Waals surface area contributed by atoms with Crippen LogP contribution in [0, 0.1) is 0 Å². The molecule has 140 valence electrons. The molecule has 1 aliphatic heterocycles. The van der Waals surface area contributed by atoms with Gasteiger partial charge < -0.3 is 4.90 Å². The Balaban J connectivity index is 1.73. The highest BCUT2D eigenvalue weighted by Gasteiger charge is 2.31. The minimum Gasteiger partial charge on any atom is -0.347 e. The molecule has 8 heteroatoms. The van der Waals surface area contributed by atoms with Crippen LogP contribution >= 0.6 is 11.3 Å². The van der Waals surface area contributed by atoms with Crippen molar-refractivity contribution in [3.05, 3.63) is 35.3 Å². The van der Waals surface area contributed by atoms with Crippen molar-refractivity contribution in [3.63, 3.8) is 0 Å². The third-order valence-electron chi connectivity index (χ3n) is 4.54. The first-order chi connectivity index (χ1) is 12.3. The highest BCUT2D eigenvalue weighted by atomic mass is 32.2. The lowest BCUT2D eigenvalue weighted by molar-refractivity contribution is -0.133. The fourth-order valence-corrected chi connectivity index (χ4v) is 4.61. The van der Waals surface area contributed by atoms with Crippen LogP contribution in [-0.2, 0) is 21.2 Å². The number of hydrogen-bond donors (Lipinski definition) is 0. The summed E-state index contributed by atoms with van der Waals surface area (Å²) in [4.78, 5) is 21.1. The number of sulfone groups is 1. The van der Waals surface area contributed by atoms with Gasteiger partial charge in [0.05, 0.1) is 16.6 Å². The third-order valence-corrected chi connectivity index (χ3v) is 6.60. The summed E-state index contributed by atoms with van der Waals surface area (Å²) >= 11 is 1.53. The first kappa shape index (κ1) is 19.0. The van der Waals surface area contributed by atoms with Crippen molar-refractivity contribution < 1.29 is 13.2 Å². The highest BCUT2D eigenvalue weighted by molar-refractivity contribution is 7.90. The van der Waals surface area contributed by atoms with Crippen molar-refractivity contribution in [1.82, 2.24) is 14.8 Å². The van der Waals surface area contributed by atoms with Crippen LogP contribution in [0.5, 0.6) is 0 Å². The van der Waals surface area contributed by atoms with Crippen LogP contribution in [0.1, 0.15) is 18.5 Å². The minimum atomic E-state index is -3.19. The largest absolute Gasteiger partial charge is 0.347 e. The van der Waals surface area contributed by atoms with Gasteiger partial charge in [-0.2, -0.15) is 0 Å². The molecular formula is C18H23N3O3S2. The molecular weight excluding hydrogens is 370 g/mol. The van der Waals surface area contributed by atoms with Gasteiger partial charge in [-0.3, -0.25) is 9.69 Å². The number of benzene rings is 1. The van der Waals surface area contributed by atoms with Gasteiger partial charge >= 0.3 is 0 Å². The molecule has 1 fully saturated rings. The van der Waals surface area contributed by atoms with Crippen molar-refractivity contribution in [2.75, 3.05) is 26.9 Å². The molecule has 2 aromatic rings. The lowest BCUT2D eigenvalue weighted by Crippen LogP contribution is -2.42. The Morgan fingerprint density at radius 3 is 2.62 bits per heavy atom. The Kier molecular flexibility index (Phi) is 5.45. The van der Waals surface area contributed by atoms with E-state index in [-0.39, 0.29) is 11.9 Å². The lowest BCUT2D eigenvalue weighted by atomic mass is 10.2. The first-order valence-corrected chi connectivity index (χ1v) is 11.2. The molecule has 0 spiro atoms. The standard InChI is InChI=1S/C18H23N3O3S2/c1-20(2)18(22)16-5-4-10-21(16)11-14-12-25-17(19-14)13-6-8-15(9-7-13)26(3,23)24/h6-9,12,16H,4-5,10-11H2,1-3H3. The zero-order valence-electron chi connectivity index (χ0n) is 15.2. The molecule has 0 aliphatic carbocycles. The zero-order chi connectivity index (χ0) is 18.9. The summed E-state index contributed by atoms with van der Waals surface area (Å²) in [5.74, 6) is 0.148. The molecule has 1 aliphatic rings. The highest BCUT2D eigenvalue weighted by Crippen LogP contribution is 2.27. The van der Waals surface area contributed by atoms with E-state index in [1.165, 1.54) is 17.6 Å². The van der Waals surface area contributed by atoms with Gasteiger partial charge in [0.2, 0.25) is 5.91 Å². The number of carbonyl (C=O) groups excluding carboxylic acids is 1. The van der Waals surface area contributed by atoms with Crippen LogP contribution in [0.3, 0.4) is 0 Å². The van der Waals surface area contributed by atoms with Crippen molar-refractivity contribution in [2.24, 2.45) is 0 Å². The average molecular weight is 394 g/mol. The molecule has 1 atom stereocenters. The van der Waals surface area contributed by atoms with E-state index in [1.807, 2.05) is 5.38 Å². The maximum absolute atomic E-state index is 12.3. The number of hydrogen-bond acceptors (Lipinski definition) is 6. The molecule has 0 N–H and O–H groups in total. The molecule has 0 bridgehead atoms. The second-order valence-corrected chi connectivity index (χ2v) is 9.68. The van der Waals surface area contributed by atoms with Gasteiger partial charge in [0.15, 0.2) is 9.84 Å². The van der Waals surface area contributed by atoms with Gasteiger partial charge in [-0.15, -0.1) is 11.3 Å². The zero-order valence-corrected chi connectivity index (χ0v) is 16.8. The maximum atomic E-state index is 12.3. The maximum Gasteiger partial charge on any atom is 0.239 e. The fourth-order valence-electron chi connectivity index (χ4n) is 3.16. The predicted octanol–water partition coefficient (Wildman–Crippen LogP) is 2.27. The Morgan fingerprint density at radius 2 is 2.00 bits per heavy atom. The van der Waals surface area contributed by atoms with Gasteiger partial charge in [0, 0.05) is 37.8 Å². The second kappa shape index (κ2) is 7.46. The van der Waals surface area contributed by atoms with E-state index >= 15 is 0 Å². The van der Waals surface area contributed by atoms with Crippen molar-refractivity contribution in [3.8, 4) is 10.6 Å². The summed E-state index contributed by atoms with van der Waals surface area (Å²) in [7, 11) is 0.390. The normalized spacial score (nSPS) is 18.2. The Labute approximate surface area is 158 Å². The number of likely N-dealkylation sites (N-methyl/N-ethyl adjacent to an activating group) is 1. The summed E-state index contributed by atoms with van der Waals surface area (Å²) in [6.07, 6.45) is 3.11. The Hall–Kier alpha value is -1.77. The summed E-state index contributed by atoms with van der Waals surface area (Å²) in [6, 6.07) is 6.72. The van der Waals surface area contributed by atoms with Crippen LogP contribution in [-0.4, -0.2) is 62.0 Å². The lowest BCUT2D eigenvalue weighted by Gasteiger charge is -2.25. The fraction of sp³-hybridized carbons (Fsp3) is 0.444.